The Morgan fingerprint density at radius 2 is 2.05 bits per heavy atom. The third-order valence-corrected chi connectivity index (χ3v) is 3.30. The van der Waals surface area contributed by atoms with Crippen LogP contribution in [0.1, 0.15) is 15.9 Å². The topological polar surface area (TPSA) is 78.9 Å². The zero-order chi connectivity index (χ0) is 14.7. The molecular weight excluding hydrogens is 325 g/mol. The van der Waals surface area contributed by atoms with Crippen LogP contribution in [0.3, 0.4) is 0 Å². The van der Waals surface area contributed by atoms with Crippen molar-refractivity contribution in [3.05, 3.63) is 57.8 Å². The number of nitrogens with two attached hydrogens (primary N) is 1. The molecule has 0 unspecified atom stereocenters. The first-order chi connectivity index (χ1) is 9.51. The summed E-state index contributed by atoms with van der Waals surface area (Å²) in [6.45, 7) is 0. The molecule has 0 saturated carbocycles. The van der Waals surface area contributed by atoms with E-state index in [2.05, 4.69) is 21.2 Å². The second-order valence-electron chi connectivity index (χ2n) is 3.99. The Labute approximate surface area is 123 Å². The number of nitrogens with zero attached hydrogens (tertiary/aromatic N) is 1. The number of amides is 1. The Hall–Kier alpha value is -2.39. The summed E-state index contributed by atoms with van der Waals surface area (Å²) >= 11 is 3.23. The summed E-state index contributed by atoms with van der Waals surface area (Å²) < 4.78 is 13.6. The minimum absolute atomic E-state index is 0.0628. The molecule has 0 aliphatic carbocycles. The molecule has 0 radical (unpaired) electrons. The summed E-state index contributed by atoms with van der Waals surface area (Å²) in [6.07, 6.45) is 0. The van der Waals surface area contributed by atoms with Crippen molar-refractivity contribution in [3.63, 3.8) is 0 Å². The van der Waals surface area contributed by atoms with Crippen molar-refractivity contribution >= 4 is 33.2 Å². The number of anilines is 2. The number of carbonyl (C=O) groups excluding carboxylic acids is 1. The number of nitriles is 1. The lowest BCUT2D eigenvalue weighted by molar-refractivity contribution is 0.102. The van der Waals surface area contributed by atoms with E-state index in [1.165, 1.54) is 12.1 Å². The molecule has 0 aromatic heterocycles. The minimum Gasteiger partial charge on any atom is -0.398 e. The van der Waals surface area contributed by atoms with Gasteiger partial charge in [0.15, 0.2) is 0 Å². The van der Waals surface area contributed by atoms with Crippen molar-refractivity contribution in [2.45, 2.75) is 0 Å². The Morgan fingerprint density at radius 3 is 2.70 bits per heavy atom. The number of rotatable bonds is 2. The van der Waals surface area contributed by atoms with Gasteiger partial charge in [-0.2, -0.15) is 5.26 Å². The molecule has 6 heteroatoms. The highest BCUT2D eigenvalue weighted by Crippen LogP contribution is 2.22. The summed E-state index contributed by atoms with van der Waals surface area (Å²) in [7, 11) is 0. The second-order valence-corrected chi connectivity index (χ2v) is 4.85. The summed E-state index contributed by atoms with van der Waals surface area (Å²) in [5, 5.41) is 11.5. The molecular formula is C14H9BrFN3O. The van der Waals surface area contributed by atoms with Gasteiger partial charge in [-0.3, -0.25) is 4.79 Å². The predicted octanol–water partition coefficient (Wildman–Crippen LogP) is 3.29. The molecule has 0 spiro atoms. The maximum absolute atomic E-state index is 13.0. The number of halogens is 2. The smallest absolute Gasteiger partial charge is 0.255 e. The van der Waals surface area contributed by atoms with E-state index >= 15 is 0 Å². The van der Waals surface area contributed by atoms with E-state index in [-0.39, 0.29) is 11.3 Å². The molecule has 0 heterocycles. The van der Waals surface area contributed by atoms with Gasteiger partial charge in [0.25, 0.3) is 5.91 Å². The van der Waals surface area contributed by atoms with E-state index in [1.807, 2.05) is 6.07 Å². The highest BCUT2D eigenvalue weighted by molar-refractivity contribution is 9.10. The predicted molar refractivity (Wildman–Crippen MR) is 77.6 cm³/mol. The van der Waals surface area contributed by atoms with Gasteiger partial charge in [-0.15, -0.1) is 0 Å². The largest absolute Gasteiger partial charge is 0.398 e. The SMILES string of the molecule is N#Cc1cc(F)ccc1NC(=O)c1ccc(N)c(Br)c1. The van der Waals surface area contributed by atoms with Crippen LogP contribution in [0, 0.1) is 17.1 Å². The lowest BCUT2D eigenvalue weighted by Crippen LogP contribution is -2.13. The molecule has 0 aliphatic rings. The van der Waals surface area contributed by atoms with Gasteiger partial charge in [0.1, 0.15) is 11.9 Å². The van der Waals surface area contributed by atoms with Crippen LogP contribution in [-0.4, -0.2) is 5.91 Å². The van der Waals surface area contributed by atoms with Crippen molar-refractivity contribution in [2.24, 2.45) is 0 Å². The minimum atomic E-state index is -0.533. The zero-order valence-electron chi connectivity index (χ0n) is 10.2. The first-order valence-electron chi connectivity index (χ1n) is 5.57. The number of carbonyl (C=O) groups is 1. The maximum atomic E-state index is 13.0. The van der Waals surface area contributed by atoms with Gasteiger partial charge < -0.3 is 11.1 Å². The molecule has 2 aromatic carbocycles. The Balaban J connectivity index is 2.28. The Kier molecular flexibility index (Phi) is 4.01. The van der Waals surface area contributed by atoms with Crippen LogP contribution >= 0.6 is 15.9 Å². The molecule has 0 aliphatic heterocycles. The van der Waals surface area contributed by atoms with E-state index in [0.29, 0.717) is 15.7 Å². The third-order valence-electron chi connectivity index (χ3n) is 2.61. The normalized spacial score (nSPS) is 9.85. The summed E-state index contributed by atoms with van der Waals surface area (Å²) in [5.74, 6) is -0.941. The third kappa shape index (κ3) is 2.95. The lowest BCUT2D eigenvalue weighted by atomic mass is 10.1. The molecule has 4 nitrogen and oxygen atoms in total. The van der Waals surface area contributed by atoms with Gasteiger partial charge in [-0.1, -0.05) is 0 Å². The fraction of sp³-hybridized carbons (Fsp3) is 0. The van der Waals surface area contributed by atoms with E-state index in [4.69, 9.17) is 11.0 Å². The summed E-state index contributed by atoms with van der Waals surface area (Å²) in [6, 6.07) is 10.1. The van der Waals surface area contributed by atoms with E-state index in [9.17, 15) is 9.18 Å². The molecule has 0 bridgehead atoms. The molecule has 100 valence electrons. The van der Waals surface area contributed by atoms with Crippen molar-refractivity contribution in [1.82, 2.24) is 0 Å². The van der Waals surface area contributed by atoms with E-state index in [0.717, 1.165) is 6.07 Å². The van der Waals surface area contributed by atoms with Gasteiger partial charge in [0.2, 0.25) is 0 Å². The van der Waals surface area contributed by atoms with Gasteiger partial charge in [-0.05, 0) is 52.3 Å². The van der Waals surface area contributed by atoms with Gasteiger partial charge in [0, 0.05) is 15.7 Å². The Morgan fingerprint density at radius 1 is 1.30 bits per heavy atom. The van der Waals surface area contributed by atoms with Crippen LogP contribution in [0.15, 0.2) is 40.9 Å². The van der Waals surface area contributed by atoms with Crippen LogP contribution in [0.5, 0.6) is 0 Å². The molecule has 2 aromatic rings. The fourth-order valence-corrected chi connectivity index (χ4v) is 1.96. The fourth-order valence-electron chi connectivity index (χ4n) is 1.58. The van der Waals surface area contributed by atoms with Gasteiger partial charge in [-0.25, -0.2) is 4.39 Å². The monoisotopic (exact) mass is 333 g/mol. The van der Waals surface area contributed by atoms with Crippen LogP contribution in [0.2, 0.25) is 0 Å². The van der Waals surface area contributed by atoms with Crippen molar-refractivity contribution in [2.75, 3.05) is 11.1 Å². The van der Waals surface area contributed by atoms with Crippen LogP contribution in [0.4, 0.5) is 15.8 Å². The highest BCUT2D eigenvalue weighted by Gasteiger charge is 2.11. The van der Waals surface area contributed by atoms with Gasteiger partial charge in [0.05, 0.1) is 11.3 Å². The standard InChI is InChI=1S/C14H9BrFN3O/c15-11-6-8(1-3-12(11)18)14(20)19-13-4-2-10(16)5-9(13)7-17/h1-6H,18H2,(H,19,20). The average molecular weight is 334 g/mol. The Bertz CT molecular complexity index is 725. The number of hydrogen-bond donors (Lipinski definition) is 2. The zero-order valence-corrected chi connectivity index (χ0v) is 11.7. The number of benzene rings is 2. The number of nitrogens with one attached hydrogen (secondary N) is 1. The van der Waals surface area contributed by atoms with Crippen molar-refractivity contribution < 1.29 is 9.18 Å². The van der Waals surface area contributed by atoms with Crippen molar-refractivity contribution in [1.29, 1.82) is 5.26 Å². The second kappa shape index (κ2) is 5.72. The molecule has 2 rings (SSSR count). The van der Waals surface area contributed by atoms with Crippen LogP contribution < -0.4 is 11.1 Å². The molecule has 0 saturated heterocycles. The lowest BCUT2D eigenvalue weighted by Gasteiger charge is -2.08. The van der Waals surface area contributed by atoms with Crippen LogP contribution in [-0.2, 0) is 0 Å². The molecule has 20 heavy (non-hydrogen) atoms. The maximum Gasteiger partial charge on any atom is 0.255 e. The van der Waals surface area contributed by atoms with Crippen LogP contribution in [0.25, 0.3) is 0 Å². The summed E-state index contributed by atoms with van der Waals surface area (Å²) in [5.41, 5.74) is 6.85. The molecule has 0 atom stereocenters. The van der Waals surface area contributed by atoms with E-state index < -0.39 is 11.7 Å². The molecule has 3 N–H and O–H groups in total. The van der Waals surface area contributed by atoms with Crippen molar-refractivity contribution in [3.8, 4) is 6.07 Å². The molecule has 1 amide bonds. The average Bonchev–Trinajstić information content (AvgIpc) is 2.43. The summed E-state index contributed by atoms with van der Waals surface area (Å²) in [4.78, 5) is 12.1. The molecule has 0 fully saturated rings. The first-order valence-corrected chi connectivity index (χ1v) is 6.36. The van der Waals surface area contributed by atoms with E-state index in [1.54, 1.807) is 18.2 Å². The quantitative estimate of drug-likeness (QED) is 0.827. The highest BCUT2D eigenvalue weighted by atomic mass is 79.9. The first kappa shape index (κ1) is 14.0. The van der Waals surface area contributed by atoms with Gasteiger partial charge >= 0.3 is 0 Å². The number of nitrogen functional groups attached to an aromatic ring is 1. The number of hydrogen-bond acceptors (Lipinski definition) is 3.